The second-order valence-corrected chi connectivity index (χ2v) is 5.92. The highest BCUT2D eigenvalue weighted by Crippen LogP contribution is 2.09. The van der Waals surface area contributed by atoms with E-state index in [1.54, 1.807) is 0 Å². The quantitative estimate of drug-likeness (QED) is 0.204. The average molecular weight is 296 g/mol. The van der Waals surface area contributed by atoms with Gasteiger partial charge in [-0.05, 0) is 32.1 Å². The first kappa shape index (κ1) is 20.2. The van der Waals surface area contributed by atoms with Gasteiger partial charge in [0.05, 0.1) is 6.61 Å². The SMILES string of the molecule is CCCCCCC/C=C\CCCCCCCCOC(C)=O. The predicted octanol–water partition coefficient (Wildman–Crippen LogP) is 6.20. The Morgan fingerprint density at radius 2 is 1.24 bits per heavy atom. The van der Waals surface area contributed by atoms with Crippen LogP contribution in [0.25, 0.3) is 0 Å². The van der Waals surface area contributed by atoms with Gasteiger partial charge in [0, 0.05) is 6.92 Å². The number of hydrogen-bond donors (Lipinski definition) is 0. The summed E-state index contributed by atoms with van der Waals surface area (Å²) in [4.78, 5) is 10.6. The lowest BCUT2D eigenvalue weighted by atomic mass is 10.1. The van der Waals surface area contributed by atoms with Gasteiger partial charge >= 0.3 is 5.97 Å². The van der Waals surface area contributed by atoms with Crippen molar-refractivity contribution in [2.24, 2.45) is 0 Å². The zero-order valence-electron chi connectivity index (χ0n) is 14.4. The van der Waals surface area contributed by atoms with Gasteiger partial charge in [0.2, 0.25) is 0 Å². The summed E-state index contributed by atoms with van der Waals surface area (Å²) in [6.45, 7) is 4.33. The molecule has 0 saturated heterocycles. The summed E-state index contributed by atoms with van der Waals surface area (Å²) in [7, 11) is 0. The molecular weight excluding hydrogens is 260 g/mol. The summed E-state index contributed by atoms with van der Waals surface area (Å²) in [5.41, 5.74) is 0. The van der Waals surface area contributed by atoms with Crippen molar-refractivity contribution in [3.63, 3.8) is 0 Å². The van der Waals surface area contributed by atoms with Crippen LogP contribution in [0.5, 0.6) is 0 Å². The Labute approximate surface area is 132 Å². The van der Waals surface area contributed by atoms with Crippen molar-refractivity contribution in [1.29, 1.82) is 0 Å². The molecule has 0 aliphatic rings. The van der Waals surface area contributed by atoms with Crippen LogP contribution in [0.1, 0.15) is 97.3 Å². The molecule has 21 heavy (non-hydrogen) atoms. The van der Waals surface area contributed by atoms with E-state index < -0.39 is 0 Å². The Morgan fingerprint density at radius 1 is 0.762 bits per heavy atom. The maximum atomic E-state index is 10.6. The zero-order chi connectivity index (χ0) is 15.6. The van der Waals surface area contributed by atoms with Gasteiger partial charge in [-0.2, -0.15) is 0 Å². The van der Waals surface area contributed by atoms with E-state index in [2.05, 4.69) is 19.1 Å². The minimum Gasteiger partial charge on any atom is -0.466 e. The van der Waals surface area contributed by atoms with E-state index in [0.29, 0.717) is 6.61 Å². The third-order valence-electron chi connectivity index (χ3n) is 3.71. The minimum absolute atomic E-state index is 0.160. The Balaban J connectivity index is 3.06. The Morgan fingerprint density at radius 3 is 1.76 bits per heavy atom. The monoisotopic (exact) mass is 296 g/mol. The van der Waals surface area contributed by atoms with Crippen LogP contribution < -0.4 is 0 Å². The number of rotatable bonds is 15. The van der Waals surface area contributed by atoms with E-state index in [4.69, 9.17) is 4.74 Å². The molecule has 2 heteroatoms. The van der Waals surface area contributed by atoms with Gasteiger partial charge in [-0.25, -0.2) is 0 Å². The van der Waals surface area contributed by atoms with Crippen molar-refractivity contribution in [2.75, 3.05) is 6.61 Å². The zero-order valence-corrected chi connectivity index (χ0v) is 14.4. The van der Waals surface area contributed by atoms with Crippen molar-refractivity contribution < 1.29 is 9.53 Å². The highest BCUT2D eigenvalue weighted by atomic mass is 16.5. The molecule has 2 nitrogen and oxygen atoms in total. The minimum atomic E-state index is -0.160. The predicted molar refractivity (Wildman–Crippen MR) is 91.5 cm³/mol. The van der Waals surface area contributed by atoms with Crippen molar-refractivity contribution >= 4 is 5.97 Å². The fraction of sp³-hybridized carbons (Fsp3) is 0.842. The van der Waals surface area contributed by atoms with E-state index in [1.165, 1.54) is 84.0 Å². The summed E-state index contributed by atoms with van der Waals surface area (Å²) in [5, 5.41) is 0. The van der Waals surface area contributed by atoms with Crippen molar-refractivity contribution in [3.05, 3.63) is 12.2 Å². The first-order valence-electron chi connectivity index (χ1n) is 9.05. The van der Waals surface area contributed by atoms with E-state index in [0.717, 1.165) is 6.42 Å². The molecule has 124 valence electrons. The third kappa shape index (κ3) is 19.2. The molecule has 0 aromatic heterocycles. The lowest BCUT2D eigenvalue weighted by molar-refractivity contribution is -0.141. The van der Waals surface area contributed by atoms with Gasteiger partial charge < -0.3 is 4.74 Å². The highest BCUT2D eigenvalue weighted by molar-refractivity contribution is 5.65. The smallest absolute Gasteiger partial charge is 0.302 e. The molecule has 0 aliphatic heterocycles. The molecule has 0 bridgehead atoms. The van der Waals surface area contributed by atoms with Gasteiger partial charge in [0.25, 0.3) is 0 Å². The molecule has 0 amide bonds. The topological polar surface area (TPSA) is 26.3 Å². The van der Waals surface area contributed by atoms with Gasteiger partial charge in [0.15, 0.2) is 0 Å². The molecule has 0 heterocycles. The molecule has 0 rings (SSSR count). The summed E-state index contributed by atoms with van der Waals surface area (Å²) in [6, 6.07) is 0. The van der Waals surface area contributed by atoms with Crippen LogP contribution >= 0.6 is 0 Å². The highest BCUT2D eigenvalue weighted by Gasteiger charge is 1.94. The summed E-state index contributed by atoms with van der Waals surface area (Å²) >= 11 is 0. The van der Waals surface area contributed by atoms with Crippen molar-refractivity contribution in [1.82, 2.24) is 0 Å². The van der Waals surface area contributed by atoms with Crippen LogP contribution in [0.15, 0.2) is 12.2 Å². The van der Waals surface area contributed by atoms with E-state index in [-0.39, 0.29) is 5.97 Å². The Hall–Kier alpha value is -0.790. The average Bonchev–Trinajstić information content (AvgIpc) is 2.46. The summed E-state index contributed by atoms with van der Waals surface area (Å²) < 4.78 is 4.91. The molecule has 0 N–H and O–H groups in total. The van der Waals surface area contributed by atoms with Gasteiger partial charge in [-0.1, -0.05) is 70.4 Å². The number of carbonyl (C=O) groups is 1. The second kappa shape index (κ2) is 17.3. The third-order valence-corrected chi connectivity index (χ3v) is 3.71. The standard InChI is InChI=1S/C19H36O2/c1-3-4-5-6-7-8-9-10-11-12-13-14-15-16-17-18-21-19(2)20/h9-10H,3-8,11-18H2,1-2H3/b10-9-. The Kier molecular flexibility index (Phi) is 16.6. The maximum absolute atomic E-state index is 10.6. The fourth-order valence-corrected chi connectivity index (χ4v) is 2.39. The molecule has 0 saturated carbocycles. The first-order chi connectivity index (χ1) is 10.3. The number of unbranched alkanes of at least 4 members (excludes halogenated alkanes) is 11. The van der Waals surface area contributed by atoms with Crippen LogP contribution in [0, 0.1) is 0 Å². The largest absolute Gasteiger partial charge is 0.466 e. The van der Waals surface area contributed by atoms with Gasteiger partial charge in [0.1, 0.15) is 0 Å². The fourth-order valence-electron chi connectivity index (χ4n) is 2.39. The van der Waals surface area contributed by atoms with Crippen LogP contribution in [0.3, 0.4) is 0 Å². The number of ether oxygens (including phenoxy) is 1. The van der Waals surface area contributed by atoms with E-state index >= 15 is 0 Å². The number of esters is 1. The van der Waals surface area contributed by atoms with Crippen molar-refractivity contribution in [3.8, 4) is 0 Å². The maximum Gasteiger partial charge on any atom is 0.302 e. The normalized spacial score (nSPS) is 11.1. The van der Waals surface area contributed by atoms with Gasteiger partial charge in [-0.15, -0.1) is 0 Å². The van der Waals surface area contributed by atoms with Gasteiger partial charge in [-0.3, -0.25) is 4.79 Å². The molecule has 0 aromatic carbocycles. The Bertz CT molecular complexity index is 246. The molecule has 0 spiro atoms. The molecule has 0 aliphatic carbocycles. The number of hydrogen-bond acceptors (Lipinski definition) is 2. The molecule has 0 atom stereocenters. The van der Waals surface area contributed by atoms with Crippen LogP contribution in [0.4, 0.5) is 0 Å². The second-order valence-electron chi connectivity index (χ2n) is 5.92. The van der Waals surface area contributed by atoms with Crippen LogP contribution in [0.2, 0.25) is 0 Å². The summed E-state index contributed by atoms with van der Waals surface area (Å²) in [5.74, 6) is -0.160. The van der Waals surface area contributed by atoms with E-state index in [9.17, 15) is 4.79 Å². The van der Waals surface area contributed by atoms with Crippen LogP contribution in [-0.2, 0) is 9.53 Å². The van der Waals surface area contributed by atoms with Crippen molar-refractivity contribution in [2.45, 2.75) is 97.3 Å². The van der Waals surface area contributed by atoms with Crippen LogP contribution in [-0.4, -0.2) is 12.6 Å². The molecular formula is C19H36O2. The molecule has 0 aromatic rings. The number of allylic oxidation sites excluding steroid dienone is 2. The lowest BCUT2D eigenvalue weighted by Crippen LogP contribution is -1.99. The lowest BCUT2D eigenvalue weighted by Gasteiger charge is -2.02. The first-order valence-corrected chi connectivity index (χ1v) is 9.05. The number of carbonyl (C=O) groups excluding carboxylic acids is 1. The molecule has 0 unspecified atom stereocenters. The molecule has 0 fully saturated rings. The molecule has 0 radical (unpaired) electrons. The van der Waals surface area contributed by atoms with E-state index in [1.807, 2.05) is 0 Å². The summed E-state index contributed by atoms with van der Waals surface area (Å²) in [6.07, 6.45) is 21.5.